The Hall–Kier alpha value is -3.06. The summed E-state index contributed by atoms with van der Waals surface area (Å²) < 4.78 is 79.1. The molecule has 0 spiro atoms. The summed E-state index contributed by atoms with van der Waals surface area (Å²) in [5.74, 6) is -1.61. The van der Waals surface area contributed by atoms with Crippen LogP contribution in [0.4, 0.5) is 22.0 Å². The van der Waals surface area contributed by atoms with Crippen LogP contribution in [0.25, 0.3) is 6.08 Å². The summed E-state index contributed by atoms with van der Waals surface area (Å²) in [5, 5.41) is 14.9. The molecule has 0 bridgehead atoms. The van der Waals surface area contributed by atoms with Crippen molar-refractivity contribution in [1.82, 2.24) is 14.8 Å². The van der Waals surface area contributed by atoms with Gasteiger partial charge in [0.2, 0.25) is 0 Å². The second-order valence-corrected chi connectivity index (χ2v) is 10.6. The first-order valence-corrected chi connectivity index (χ1v) is 12.9. The molecule has 0 unspecified atom stereocenters. The van der Waals surface area contributed by atoms with Gasteiger partial charge < -0.3 is 14.6 Å². The first kappa shape index (κ1) is 28.9. The van der Waals surface area contributed by atoms with E-state index in [1.54, 1.807) is 31.2 Å². The Labute approximate surface area is 226 Å². The van der Waals surface area contributed by atoms with E-state index in [0.29, 0.717) is 5.56 Å². The lowest BCUT2D eigenvalue weighted by Gasteiger charge is -2.37. The van der Waals surface area contributed by atoms with E-state index in [2.05, 4.69) is 10.1 Å². The lowest BCUT2D eigenvalue weighted by Crippen LogP contribution is -2.43. The monoisotopic (exact) mass is 567 g/mol. The van der Waals surface area contributed by atoms with E-state index in [1.807, 2.05) is 0 Å². The minimum Gasteiger partial charge on any atom is -0.382 e. The molecule has 4 rings (SSSR count). The van der Waals surface area contributed by atoms with Gasteiger partial charge in [0.1, 0.15) is 29.9 Å². The molecule has 2 atom stereocenters. The number of alkyl halides is 3. The van der Waals surface area contributed by atoms with Gasteiger partial charge in [-0.3, -0.25) is 0 Å². The molecule has 1 aliphatic rings. The molecular formula is C27H26F5N3O3S. The van der Waals surface area contributed by atoms with Gasteiger partial charge in [-0.05, 0) is 29.8 Å². The number of benzene rings is 2. The van der Waals surface area contributed by atoms with Gasteiger partial charge in [0, 0.05) is 16.9 Å². The Balaban J connectivity index is 1.33. The molecule has 2 aromatic carbocycles. The molecule has 12 heteroatoms. The van der Waals surface area contributed by atoms with Crippen molar-refractivity contribution in [3.63, 3.8) is 0 Å². The summed E-state index contributed by atoms with van der Waals surface area (Å²) in [7, 11) is 0. The van der Waals surface area contributed by atoms with E-state index >= 15 is 0 Å². The van der Waals surface area contributed by atoms with Gasteiger partial charge in [-0.15, -0.1) is 11.8 Å². The second kappa shape index (κ2) is 12.4. The summed E-state index contributed by atoms with van der Waals surface area (Å²) in [6.45, 7) is 2.22. The molecule has 1 saturated heterocycles. The molecule has 39 heavy (non-hydrogen) atoms. The predicted octanol–water partition coefficient (Wildman–Crippen LogP) is 5.60. The van der Waals surface area contributed by atoms with Crippen molar-refractivity contribution in [3.8, 4) is 0 Å². The van der Waals surface area contributed by atoms with Crippen molar-refractivity contribution in [3.05, 3.63) is 102 Å². The summed E-state index contributed by atoms with van der Waals surface area (Å²) in [6, 6.07) is 7.86. The van der Waals surface area contributed by atoms with Gasteiger partial charge in [0.25, 0.3) is 0 Å². The van der Waals surface area contributed by atoms with Gasteiger partial charge in [-0.2, -0.15) is 18.3 Å². The topological polar surface area (TPSA) is 69.4 Å². The molecule has 1 aliphatic heterocycles. The van der Waals surface area contributed by atoms with Crippen LogP contribution in [0.2, 0.25) is 0 Å². The maximum Gasteiger partial charge on any atom is 0.416 e. The predicted molar refractivity (Wildman–Crippen MR) is 136 cm³/mol. The minimum absolute atomic E-state index is 0.0577. The first-order chi connectivity index (χ1) is 18.5. The molecule has 0 saturated carbocycles. The van der Waals surface area contributed by atoms with Gasteiger partial charge in [0.15, 0.2) is 6.29 Å². The zero-order valence-electron chi connectivity index (χ0n) is 20.8. The van der Waals surface area contributed by atoms with Crippen molar-refractivity contribution in [1.29, 1.82) is 0 Å². The number of aliphatic hydroxyl groups is 1. The third-order valence-corrected chi connectivity index (χ3v) is 7.59. The van der Waals surface area contributed by atoms with Crippen molar-refractivity contribution < 1.29 is 36.5 Å². The molecule has 0 amide bonds. The molecule has 1 aromatic heterocycles. The number of hydrogen-bond donors (Lipinski definition) is 1. The molecule has 6 nitrogen and oxygen atoms in total. The first-order valence-electron chi connectivity index (χ1n) is 12.0. The Morgan fingerprint density at radius 1 is 1.10 bits per heavy atom. The highest BCUT2D eigenvalue weighted by Crippen LogP contribution is 2.38. The second-order valence-electron chi connectivity index (χ2n) is 8.94. The molecule has 2 heterocycles. The van der Waals surface area contributed by atoms with E-state index in [9.17, 15) is 27.1 Å². The summed E-state index contributed by atoms with van der Waals surface area (Å²) >= 11 is 1.35. The number of rotatable bonds is 9. The summed E-state index contributed by atoms with van der Waals surface area (Å²) in [5.41, 5.74) is -1.89. The molecular weight excluding hydrogens is 541 g/mol. The number of ether oxygens (including phenoxy) is 2. The van der Waals surface area contributed by atoms with Crippen molar-refractivity contribution >= 4 is 17.8 Å². The van der Waals surface area contributed by atoms with Crippen LogP contribution >= 0.6 is 11.8 Å². The average molecular weight is 568 g/mol. The number of halogens is 5. The van der Waals surface area contributed by atoms with Crippen LogP contribution in [0.5, 0.6) is 0 Å². The molecule has 208 valence electrons. The van der Waals surface area contributed by atoms with E-state index in [0.717, 1.165) is 24.3 Å². The molecule has 0 aliphatic carbocycles. The van der Waals surface area contributed by atoms with Crippen LogP contribution in [0, 0.1) is 11.6 Å². The molecule has 3 aromatic rings. The van der Waals surface area contributed by atoms with E-state index < -0.39 is 40.5 Å². The highest BCUT2D eigenvalue weighted by Gasteiger charge is 2.41. The number of thioether (sulfide) groups is 1. The van der Waals surface area contributed by atoms with Crippen molar-refractivity contribution in [2.45, 2.75) is 42.0 Å². The standard InChI is InChI=1S/C27H26F5N3O3S/c1-18(26(36,15-35-17-33-16-34-35)23-11-10-21(28)12-24(23)29)39-22-13-37-25(38-14-22)5-3-2-4-19-6-8-20(9-7-19)27(30,31)32/h2-12,16-18,22,25,36H,13-15H2,1H3/t18-,22?,25?,26-/m1/s1. The number of nitrogens with zero attached hydrogens (tertiary/aromatic N) is 3. The van der Waals surface area contributed by atoms with Gasteiger partial charge in [-0.1, -0.05) is 43.4 Å². The van der Waals surface area contributed by atoms with Crippen LogP contribution in [-0.4, -0.2) is 49.9 Å². The lowest BCUT2D eigenvalue weighted by molar-refractivity contribution is -0.146. The fraction of sp³-hybridized carbons (Fsp3) is 0.333. The van der Waals surface area contributed by atoms with Gasteiger partial charge in [0.05, 0.1) is 30.6 Å². The lowest BCUT2D eigenvalue weighted by atomic mass is 9.90. The SMILES string of the molecule is C[C@@H](SC1COC(C=CC=Cc2ccc(C(F)(F)F)cc2)OC1)[C@](O)(Cn1cncn1)c1ccc(F)cc1F. The number of aromatic nitrogens is 3. The highest BCUT2D eigenvalue weighted by atomic mass is 32.2. The Kier molecular flexibility index (Phi) is 9.21. The quantitative estimate of drug-likeness (QED) is 0.268. The zero-order valence-corrected chi connectivity index (χ0v) is 21.6. The van der Waals surface area contributed by atoms with Crippen LogP contribution in [-0.2, 0) is 27.8 Å². The Bertz CT molecular complexity index is 1280. The fourth-order valence-electron chi connectivity index (χ4n) is 4.03. The third-order valence-electron chi connectivity index (χ3n) is 6.14. The van der Waals surface area contributed by atoms with Crippen molar-refractivity contribution in [2.75, 3.05) is 13.2 Å². The molecule has 1 N–H and O–H groups in total. The van der Waals surface area contributed by atoms with Crippen LogP contribution in [0.15, 0.2) is 73.3 Å². The van der Waals surface area contributed by atoms with E-state index in [4.69, 9.17) is 9.47 Å². The fourth-order valence-corrected chi connectivity index (χ4v) is 5.35. The highest BCUT2D eigenvalue weighted by molar-refractivity contribution is 8.00. The number of allylic oxidation sites excluding steroid dienone is 2. The smallest absolute Gasteiger partial charge is 0.382 e. The van der Waals surface area contributed by atoms with Crippen LogP contribution < -0.4 is 0 Å². The Morgan fingerprint density at radius 3 is 2.44 bits per heavy atom. The van der Waals surface area contributed by atoms with Gasteiger partial charge >= 0.3 is 6.18 Å². The minimum atomic E-state index is -4.38. The zero-order chi connectivity index (χ0) is 28.0. The number of hydrogen-bond acceptors (Lipinski definition) is 6. The normalized spacial score (nSPS) is 20.9. The Morgan fingerprint density at radius 2 is 1.82 bits per heavy atom. The van der Waals surface area contributed by atoms with Crippen LogP contribution in [0.3, 0.4) is 0 Å². The average Bonchev–Trinajstić information content (AvgIpc) is 3.40. The maximum absolute atomic E-state index is 14.7. The molecule has 0 radical (unpaired) electrons. The van der Waals surface area contributed by atoms with Gasteiger partial charge in [-0.25, -0.2) is 18.4 Å². The molecule has 1 fully saturated rings. The van der Waals surface area contributed by atoms with Crippen LogP contribution in [0.1, 0.15) is 23.6 Å². The third kappa shape index (κ3) is 7.53. The summed E-state index contributed by atoms with van der Waals surface area (Å²) in [6.07, 6.45) is 4.36. The summed E-state index contributed by atoms with van der Waals surface area (Å²) in [4.78, 5) is 3.87. The maximum atomic E-state index is 14.7. The van der Waals surface area contributed by atoms with E-state index in [1.165, 1.54) is 47.3 Å². The largest absolute Gasteiger partial charge is 0.416 e. The van der Waals surface area contributed by atoms with E-state index in [-0.39, 0.29) is 30.6 Å². The van der Waals surface area contributed by atoms with Crippen molar-refractivity contribution in [2.24, 2.45) is 0 Å².